The van der Waals surface area contributed by atoms with Gasteiger partial charge in [0.2, 0.25) is 0 Å². The summed E-state index contributed by atoms with van der Waals surface area (Å²) in [7, 11) is 2.10. The second-order valence-electron chi connectivity index (χ2n) is 5.98. The zero-order chi connectivity index (χ0) is 18.9. The van der Waals surface area contributed by atoms with Crippen LogP contribution in [0.15, 0.2) is 84.9 Å². The molecule has 0 aromatic heterocycles. The summed E-state index contributed by atoms with van der Waals surface area (Å²) in [6.07, 6.45) is 0. The average Bonchev–Trinajstić information content (AvgIpc) is 2.69. The van der Waals surface area contributed by atoms with Gasteiger partial charge < -0.3 is 4.90 Å². The fourth-order valence-corrected chi connectivity index (χ4v) is 3.51. The number of hydrogen-bond acceptors (Lipinski definition) is 2. The normalized spacial score (nSPS) is 9.65. The third-order valence-corrected chi connectivity index (χ3v) is 5.30. The van der Waals surface area contributed by atoms with Crippen molar-refractivity contribution in [2.24, 2.45) is 0 Å². The van der Waals surface area contributed by atoms with Crippen LogP contribution >= 0.6 is 7.80 Å². The van der Waals surface area contributed by atoms with Gasteiger partial charge in [-0.1, -0.05) is 59.2 Å². The molecule has 0 saturated carbocycles. The van der Waals surface area contributed by atoms with E-state index in [9.17, 15) is 9.36 Å². The Labute approximate surface area is 156 Å². The predicted octanol–water partition coefficient (Wildman–Crippen LogP) is 4.16. The molecule has 0 heterocycles. The van der Waals surface area contributed by atoms with Crippen molar-refractivity contribution in [2.75, 3.05) is 14.1 Å². The molecule has 132 valence electrons. The van der Waals surface area contributed by atoms with Gasteiger partial charge in [0.1, 0.15) is 0 Å². The van der Waals surface area contributed by atoms with Gasteiger partial charge in [-0.05, 0) is 42.8 Å². The Kier molecular flexibility index (Phi) is 7.25. The van der Waals surface area contributed by atoms with Crippen LogP contribution in [0.25, 0.3) is 0 Å². The van der Waals surface area contributed by atoms with Crippen LogP contribution in [0.4, 0.5) is 0 Å². The molecule has 3 aromatic carbocycles. The van der Waals surface area contributed by atoms with Crippen molar-refractivity contribution < 1.29 is 9.36 Å². The molecule has 0 fully saturated rings. The summed E-state index contributed by atoms with van der Waals surface area (Å²) in [6, 6.07) is 26.7. The minimum atomic E-state index is -1.42. The van der Waals surface area contributed by atoms with E-state index >= 15 is 0 Å². The zero-order valence-electron chi connectivity index (χ0n) is 15.3. The average molecular weight is 364 g/mol. The Morgan fingerprint density at radius 3 is 1.58 bits per heavy atom. The van der Waals surface area contributed by atoms with Crippen molar-refractivity contribution in [2.45, 2.75) is 6.92 Å². The summed E-state index contributed by atoms with van der Waals surface area (Å²) in [6.45, 7) is 1.94. The molecular formula is C22H23NO2P+. The highest BCUT2D eigenvalue weighted by molar-refractivity contribution is 7.61. The molecule has 26 heavy (non-hydrogen) atoms. The van der Waals surface area contributed by atoms with Gasteiger partial charge in [0.25, 0.3) is 5.91 Å². The van der Waals surface area contributed by atoms with E-state index in [1.54, 1.807) is 19.0 Å². The maximum atomic E-state index is 12.0. The van der Waals surface area contributed by atoms with Crippen molar-refractivity contribution >= 4 is 24.3 Å². The minimum Gasteiger partial charge on any atom is -0.345 e. The quantitative estimate of drug-likeness (QED) is 0.655. The molecule has 0 spiro atoms. The van der Waals surface area contributed by atoms with E-state index in [1.165, 1.54) is 0 Å². The van der Waals surface area contributed by atoms with Gasteiger partial charge in [-0.3, -0.25) is 4.79 Å². The smallest absolute Gasteiger partial charge is 0.345 e. The fourth-order valence-electron chi connectivity index (χ4n) is 2.33. The highest BCUT2D eigenvalue weighted by atomic mass is 31.1. The summed E-state index contributed by atoms with van der Waals surface area (Å²) in [5.74, 6) is 0.0631. The number of benzene rings is 3. The third kappa shape index (κ3) is 5.37. The van der Waals surface area contributed by atoms with E-state index in [-0.39, 0.29) is 5.91 Å². The highest BCUT2D eigenvalue weighted by Gasteiger charge is 2.21. The summed E-state index contributed by atoms with van der Waals surface area (Å²) in [4.78, 5) is 13.1. The van der Waals surface area contributed by atoms with Gasteiger partial charge in [-0.25, -0.2) is 0 Å². The largest absolute Gasteiger partial charge is 0.415 e. The molecule has 0 aliphatic rings. The summed E-state index contributed by atoms with van der Waals surface area (Å²) in [5.41, 5.74) is 1.80. The van der Waals surface area contributed by atoms with Crippen molar-refractivity contribution in [1.82, 2.24) is 4.90 Å². The van der Waals surface area contributed by atoms with E-state index in [0.717, 1.165) is 21.7 Å². The van der Waals surface area contributed by atoms with Crippen LogP contribution in [-0.2, 0) is 4.57 Å². The Balaban J connectivity index is 0.000000190. The molecule has 0 N–H and O–H groups in total. The van der Waals surface area contributed by atoms with Crippen molar-refractivity contribution in [3.05, 3.63) is 96.1 Å². The van der Waals surface area contributed by atoms with Gasteiger partial charge in [0, 0.05) is 19.7 Å². The first-order valence-corrected chi connectivity index (χ1v) is 9.61. The number of amides is 1. The molecule has 0 bridgehead atoms. The van der Waals surface area contributed by atoms with Crippen LogP contribution in [0.5, 0.6) is 0 Å². The van der Waals surface area contributed by atoms with Crippen molar-refractivity contribution in [3.63, 3.8) is 0 Å². The lowest BCUT2D eigenvalue weighted by atomic mass is 10.1. The number of nitrogens with zero attached hydrogens (tertiary/aromatic N) is 1. The minimum absolute atomic E-state index is 0.0631. The number of rotatable bonds is 3. The maximum absolute atomic E-state index is 12.0. The molecular weight excluding hydrogens is 341 g/mol. The molecule has 1 amide bonds. The van der Waals surface area contributed by atoms with Gasteiger partial charge in [0.15, 0.2) is 10.6 Å². The van der Waals surface area contributed by atoms with Gasteiger partial charge in [0.05, 0.1) is 0 Å². The number of aryl methyl sites for hydroxylation is 1. The zero-order valence-corrected chi connectivity index (χ0v) is 16.2. The Morgan fingerprint density at radius 2 is 1.15 bits per heavy atom. The van der Waals surface area contributed by atoms with E-state index < -0.39 is 7.80 Å². The molecule has 4 heteroatoms. The Bertz CT molecular complexity index is 820. The topological polar surface area (TPSA) is 37.4 Å². The molecule has 0 aliphatic heterocycles. The summed E-state index contributed by atoms with van der Waals surface area (Å²) in [5, 5.41) is 1.77. The lowest BCUT2D eigenvalue weighted by Crippen LogP contribution is -2.22. The van der Waals surface area contributed by atoms with E-state index in [2.05, 4.69) is 0 Å². The molecule has 3 aromatic rings. The molecule has 0 saturated heterocycles. The van der Waals surface area contributed by atoms with Crippen molar-refractivity contribution in [1.29, 1.82) is 0 Å². The van der Waals surface area contributed by atoms with Crippen LogP contribution in [0, 0.1) is 6.92 Å². The van der Waals surface area contributed by atoms with E-state index in [4.69, 9.17) is 0 Å². The number of hydrogen-bond donors (Lipinski definition) is 0. The van der Waals surface area contributed by atoms with Crippen LogP contribution in [-0.4, -0.2) is 24.9 Å². The lowest BCUT2D eigenvalue weighted by Gasteiger charge is -2.11. The van der Waals surface area contributed by atoms with Crippen LogP contribution in [0.1, 0.15) is 15.9 Å². The summed E-state index contributed by atoms with van der Waals surface area (Å²) < 4.78 is 12.0. The molecule has 0 aliphatic carbocycles. The van der Waals surface area contributed by atoms with Crippen LogP contribution in [0.3, 0.4) is 0 Å². The maximum Gasteiger partial charge on any atom is 0.415 e. The van der Waals surface area contributed by atoms with Gasteiger partial charge >= 0.3 is 7.80 Å². The van der Waals surface area contributed by atoms with Gasteiger partial charge in [-0.2, -0.15) is 0 Å². The van der Waals surface area contributed by atoms with Crippen molar-refractivity contribution in [3.8, 4) is 0 Å². The predicted molar refractivity (Wildman–Crippen MR) is 109 cm³/mol. The van der Waals surface area contributed by atoms with Crippen LogP contribution in [0.2, 0.25) is 0 Å². The second kappa shape index (κ2) is 9.65. The SMILES string of the molecule is Cc1ccccc1C(=O)N(C)C.O=[P+](c1ccccc1)c1ccccc1. The third-order valence-electron chi connectivity index (χ3n) is 3.76. The first kappa shape index (κ1) is 19.6. The fraction of sp³-hybridized carbons (Fsp3) is 0.136. The Morgan fingerprint density at radius 1 is 0.731 bits per heavy atom. The van der Waals surface area contributed by atoms with E-state index in [0.29, 0.717) is 0 Å². The van der Waals surface area contributed by atoms with Gasteiger partial charge in [-0.15, -0.1) is 0 Å². The standard InChI is InChI=1S/C12H10OP.C10H13NO/c13-14(11-7-3-1-4-8-11)12-9-5-2-6-10-12;1-8-6-4-5-7-9(8)10(12)11(2)3/h1-10H;4-7H,1-3H3/q+1;. The molecule has 0 radical (unpaired) electrons. The molecule has 0 unspecified atom stereocenters. The number of carbonyl (C=O) groups excluding carboxylic acids is 1. The summed E-state index contributed by atoms with van der Waals surface area (Å²) >= 11 is 0. The molecule has 3 nitrogen and oxygen atoms in total. The lowest BCUT2D eigenvalue weighted by molar-refractivity contribution is 0.0827. The Hall–Kier alpha value is -2.77. The first-order valence-electron chi connectivity index (χ1n) is 8.35. The first-order chi connectivity index (χ1) is 12.5. The molecule has 3 rings (SSSR count). The monoisotopic (exact) mass is 364 g/mol. The van der Waals surface area contributed by atoms with Crippen LogP contribution < -0.4 is 10.6 Å². The highest BCUT2D eigenvalue weighted by Crippen LogP contribution is 2.18. The van der Waals surface area contributed by atoms with E-state index in [1.807, 2.05) is 91.9 Å². The second-order valence-corrected chi connectivity index (χ2v) is 7.60. The molecule has 0 atom stereocenters. The number of carbonyl (C=O) groups is 1.